The van der Waals surface area contributed by atoms with E-state index in [1.54, 1.807) is 35.2 Å². The van der Waals surface area contributed by atoms with E-state index >= 15 is 0 Å². The molecule has 162 valence electrons. The van der Waals surface area contributed by atoms with Gasteiger partial charge in [0.1, 0.15) is 12.0 Å². The number of amides is 1. The third-order valence-corrected chi connectivity index (χ3v) is 5.12. The standard InChI is InChI=1S/C22H19ClN6O3/c1-13(11-30)29-10-19(18-9-25-12-27-22(18)29)21(32)14-4-17(8-24-6-14)28-20(31)5-16-3-2-15(23)7-26-16/h2-4,6-10,12-13,30H,5,11H2,1H3,(H,28,31)/t13-/m1/s1. The molecule has 4 aromatic rings. The minimum atomic E-state index is -0.298. The number of rotatable bonds is 7. The maximum atomic E-state index is 13.2. The number of anilines is 1. The fraction of sp³-hybridized carbons (Fsp3) is 0.182. The number of hydrogen-bond acceptors (Lipinski definition) is 7. The van der Waals surface area contributed by atoms with Crippen molar-refractivity contribution in [3.63, 3.8) is 0 Å². The molecule has 0 aromatic carbocycles. The normalized spacial score (nSPS) is 12.0. The largest absolute Gasteiger partial charge is 0.394 e. The molecule has 0 saturated heterocycles. The summed E-state index contributed by atoms with van der Waals surface area (Å²) in [5.41, 5.74) is 2.19. The average Bonchev–Trinajstić information content (AvgIpc) is 3.19. The van der Waals surface area contributed by atoms with Crippen molar-refractivity contribution in [3.8, 4) is 0 Å². The van der Waals surface area contributed by atoms with Crippen molar-refractivity contribution >= 4 is 40.0 Å². The lowest BCUT2D eigenvalue weighted by molar-refractivity contribution is -0.115. The van der Waals surface area contributed by atoms with Crippen molar-refractivity contribution in [1.82, 2.24) is 24.5 Å². The Balaban J connectivity index is 1.57. The maximum absolute atomic E-state index is 13.2. The molecule has 1 atom stereocenters. The van der Waals surface area contributed by atoms with Crippen molar-refractivity contribution in [2.75, 3.05) is 11.9 Å². The minimum absolute atomic E-state index is 0.0548. The summed E-state index contributed by atoms with van der Waals surface area (Å²) in [6, 6.07) is 4.63. The zero-order valence-corrected chi connectivity index (χ0v) is 17.8. The van der Waals surface area contributed by atoms with Crippen LogP contribution in [0.15, 0.2) is 55.5 Å². The van der Waals surface area contributed by atoms with Crippen LogP contribution in [0, 0.1) is 0 Å². The van der Waals surface area contributed by atoms with E-state index in [1.807, 2.05) is 6.92 Å². The van der Waals surface area contributed by atoms with E-state index < -0.39 is 0 Å². The van der Waals surface area contributed by atoms with Crippen LogP contribution >= 0.6 is 11.6 Å². The summed E-state index contributed by atoms with van der Waals surface area (Å²) in [7, 11) is 0. The molecule has 0 bridgehead atoms. The number of nitrogens with one attached hydrogen (secondary N) is 1. The lowest BCUT2D eigenvalue weighted by Crippen LogP contribution is -2.15. The Labute approximate surface area is 188 Å². The highest BCUT2D eigenvalue weighted by Crippen LogP contribution is 2.25. The third kappa shape index (κ3) is 4.48. The Kier molecular flexibility index (Phi) is 6.20. The lowest BCUT2D eigenvalue weighted by Gasteiger charge is -2.10. The molecule has 0 aliphatic heterocycles. The van der Waals surface area contributed by atoms with Crippen LogP contribution in [-0.2, 0) is 11.2 Å². The van der Waals surface area contributed by atoms with Gasteiger partial charge in [-0.05, 0) is 25.1 Å². The van der Waals surface area contributed by atoms with Crippen LogP contribution in [0.2, 0.25) is 5.02 Å². The number of hydrogen-bond donors (Lipinski definition) is 2. The highest BCUT2D eigenvalue weighted by molar-refractivity contribution is 6.30. The van der Waals surface area contributed by atoms with Gasteiger partial charge in [0.25, 0.3) is 0 Å². The van der Waals surface area contributed by atoms with Crippen LogP contribution in [0.5, 0.6) is 0 Å². The molecule has 0 aliphatic rings. The molecule has 0 radical (unpaired) electrons. The Hall–Kier alpha value is -3.69. The second-order valence-corrected chi connectivity index (χ2v) is 7.66. The first-order valence-corrected chi connectivity index (χ1v) is 10.2. The third-order valence-electron chi connectivity index (χ3n) is 4.89. The molecular weight excluding hydrogens is 432 g/mol. The minimum Gasteiger partial charge on any atom is -0.394 e. The molecule has 32 heavy (non-hydrogen) atoms. The van der Waals surface area contributed by atoms with Gasteiger partial charge >= 0.3 is 0 Å². The average molecular weight is 451 g/mol. The Morgan fingerprint density at radius 3 is 2.75 bits per heavy atom. The van der Waals surface area contributed by atoms with E-state index in [1.165, 1.54) is 24.9 Å². The van der Waals surface area contributed by atoms with E-state index in [-0.39, 0.29) is 30.8 Å². The van der Waals surface area contributed by atoms with Gasteiger partial charge in [0.05, 0.1) is 41.5 Å². The summed E-state index contributed by atoms with van der Waals surface area (Å²) >= 11 is 5.81. The second kappa shape index (κ2) is 9.21. The van der Waals surface area contributed by atoms with E-state index in [9.17, 15) is 14.7 Å². The predicted octanol–water partition coefficient (Wildman–Crippen LogP) is 2.84. The zero-order chi connectivity index (χ0) is 22.7. The summed E-state index contributed by atoms with van der Waals surface area (Å²) in [6.45, 7) is 1.72. The van der Waals surface area contributed by atoms with Crippen LogP contribution in [0.1, 0.15) is 34.6 Å². The van der Waals surface area contributed by atoms with E-state index in [2.05, 4.69) is 25.3 Å². The number of aromatic nitrogens is 5. The molecule has 0 unspecified atom stereocenters. The van der Waals surface area contributed by atoms with Crippen molar-refractivity contribution in [1.29, 1.82) is 0 Å². The molecule has 0 spiro atoms. The molecule has 4 aromatic heterocycles. The topological polar surface area (TPSA) is 123 Å². The number of carbonyl (C=O) groups is 2. The number of ketones is 1. The number of pyridine rings is 2. The van der Waals surface area contributed by atoms with Gasteiger partial charge < -0.3 is 15.0 Å². The molecule has 0 aliphatic carbocycles. The van der Waals surface area contributed by atoms with Crippen LogP contribution in [-0.4, -0.2) is 47.9 Å². The van der Waals surface area contributed by atoms with Crippen LogP contribution in [0.4, 0.5) is 5.69 Å². The molecule has 2 N–H and O–H groups in total. The van der Waals surface area contributed by atoms with Gasteiger partial charge in [-0.3, -0.25) is 19.6 Å². The molecule has 9 nitrogen and oxygen atoms in total. The highest BCUT2D eigenvalue weighted by Gasteiger charge is 2.20. The van der Waals surface area contributed by atoms with Crippen LogP contribution < -0.4 is 5.32 Å². The van der Waals surface area contributed by atoms with Gasteiger partial charge in [-0.25, -0.2) is 9.97 Å². The number of halogens is 1. The molecule has 0 fully saturated rings. The fourth-order valence-electron chi connectivity index (χ4n) is 3.26. The van der Waals surface area contributed by atoms with Gasteiger partial charge in [-0.15, -0.1) is 0 Å². The van der Waals surface area contributed by atoms with Gasteiger partial charge in [0.2, 0.25) is 5.91 Å². The summed E-state index contributed by atoms with van der Waals surface area (Å²) in [6.07, 6.45) is 9.03. The molecule has 4 heterocycles. The van der Waals surface area contributed by atoms with Gasteiger partial charge in [-0.1, -0.05) is 11.6 Å². The number of aliphatic hydroxyl groups is 1. The van der Waals surface area contributed by atoms with Crippen LogP contribution in [0.25, 0.3) is 11.0 Å². The summed E-state index contributed by atoms with van der Waals surface area (Å²) in [5, 5.41) is 13.3. The zero-order valence-electron chi connectivity index (χ0n) is 17.1. The van der Waals surface area contributed by atoms with Gasteiger partial charge in [-0.2, -0.15) is 0 Å². The highest BCUT2D eigenvalue weighted by atomic mass is 35.5. The lowest BCUT2D eigenvalue weighted by atomic mass is 10.1. The SMILES string of the molecule is C[C@H](CO)n1cc(C(=O)c2cncc(NC(=O)Cc3ccc(Cl)cn3)c2)c2cncnc21. The first-order chi connectivity index (χ1) is 15.5. The summed E-state index contributed by atoms with van der Waals surface area (Å²) < 4.78 is 1.74. The van der Waals surface area contributed by atoms with E-state index in [0.717, 1.165) is 0 Å². The van der Waals surface area contributed by atoms with Gasteiger partial charge in [0.15, 0.2) is 5.78 Å². The second-order valence-electron chi connectivity index (χ2n) is 7.23. The quantitative estimate of drug-likeness (QED) is 0.415. The summed E-state index contributed by atoms with van der Waals surface area (Å²) in [5.74, 6) is -0.593. The number of aliphatic hydroxyl groups excluding tert-OH is 1. The van der Waals surface area contributed by atoms with Crippen molar-refractivity contribution in [2.45, 2.75) is 19.4 Å². The first kappa shape index (κ1) is 21.5. The number of carbonyl (C=O) groups excluding carboxylic acids is 2. The molecule has 1 amide bonds. The molecular formula is C22H19ClN6O3. The van der Waals surface area contributed by atoms with Crippen molar-refractivity contribution < 1.29 is 14.7 Å². The molecule has 4 rings (SSSR count). The first-order valence-electron chi connectivity index (χ1n) is 9.77. The number of fused-ring (bicyclic) bond motifs is 1. The summed E-state index contributed by atoms with van der Waals surface area (Å²) in [4.78, 5) is 42.1. The molecule has 0 saturated carbocycles. The monoisotopic (exact) mass is 450 g/mol. The Morgan fingerprint density at radius 1 is 1.16 bits per heavy atom. The fourth-order valence-corrected chi connectivity index (χ4v) is 3.37. The smallest absolute Gasteiger partial charge is 0.230 e. The molecule has 10 heteroatoms. The predicted molar refractivity (Wildman–Crippen MR) is 119 cm³/mol. The van der Waals surface area contributed by atoms with E-state index in [0.29, 0.717) is 38.6 Å². The van der Waals surface area contributed by atoms with Crippen LogP contribution in [0.3, 0.4) is 0 Å². The van der Waals surface area contributed by atoms with Crippen molar-refractivity contribution in [3.05, 3.63) is 77.4 Å². The Bertz CT molecular complexity index is 1290. The Morgan fingerprint density at radius 2 is 2.00 bits per heavy atom. The van der Waals surface area contributed by atoms with E-state index in [4.69, 9.17) is 11.6 Å². The van der Waals surface area contributed by atoms with Gasteiger partial charge in [0, 0.05) is 41.4 Å². The van der Waals surface area contributed by atoms with Crippen molar-refractivity contribution in [2.24, 2.45) is 0 Å². The maximum Gasteiger partial charge on any atom is 0.230 e. The number of nitrogens with zero attached hydrogens (tertiary/aromatic N) is 5.